The van der Waals surface area contributed by atoms with Crippen molar-refractivity contribution in [3.8, 4) is 5.75 Å². The summed E-state index contributed by atoms with van der Waals surface area (Å²) < 4.78 is 318. The normalized spacial score (nSPS) is 15.7. The molecule has 0 saturated heterocycles. The molecule has 1 aromatic carbocycles. The van der Waals surface area contributed by atoms with Crippen LogP contribution in [-0.4, -0.2) is 47.6 Å². The zero-order valence-electron chi connectivity index (χ0n) is 17.5. The van der Waals surface area contributed by atoms with E-state index in [1.54, 1.807) is 0 Å². The summed E-state index contributed by atoms with van der Waals surface area (Å²) in [5, 5.41) is 0. The molecule has 0 unspecified atom stereocenters. The number of hydrogen-bond donors (Lipinski definition) is 0. The molecular weight excluding hydrogens is 664 g/mol. The highest BCUT2D eigenvalue weighted by molar-refractivity contribution is 5.32. The van der Waals surface area contributed by atoms with E-state index in [9.17, 15) is 105 Å². The maximum Gasteiger partial charge on any atom is 0.460 e. The van der Waals surface area contributed by atoms with E-state index in [-0.39, 0.29) is 0 Å². The molecule has 0 atom stereocenters. The molecule has 0 amide bonds. The molecule has 0 aliphatic rings. The molecule has 1 rings (SSSR count). The van der Waals surface area contributed by atoms with Crippen molar-refractivity contribution in [1.82, 2.24) is 0 Å². The predicted molar refractivity (Wildman–Crippen MR) is 76.8 cm³/mol. The Kier molecular flexibility index (Phi) is 8.66. The lowest BCUT2D eigenvalue weighted by molar-refractivity contribution is -0.460. The van der Waals surface area contributed by atoms with E-state index in [0.717, 1.165) is 0 Å². The third-order valence-electron chi connectivity index (χ3n) is 4.53. The molecule has 41 heavy (non-hydrogen) atoms. The van der Waals surface area contributed by atoms with Crippen LogP contribution in [0.2, 0.25) is 0 Å². The van der Waals surface area contributed by atoms with E-state index in [2.05, 4.69) is 4.74 Å². The SMILES string of the molecule is FC(Oc1c(F)c(F)c(F)c(F)c1F)=C(F)C(F)(F)C(F)(F)C(F)(F)C(F)(F)C(F)(F)C(F)(F)C(F)(F)C(F)(F)F. The highest BCUT2D eigenvalue weighted by Crippen LogP contribution is 2.64. The van der Waals surface area contributed by atoms with Crippen molar-refractivity contribution >= 4 is 0 Å². The van der Waals surface area contributed by atoms with E-state index in [4.69, 9.17) is 0 Å². The topological polar surface area (TPSA) is 9.23 Å². The first-order chi connectivity index (χ1) is 17.7. The van der Waals surface area contributed by atoms with Gasteiger partial charge in [0.25, 0.3) is 0 Å². The molecule has 0 N–H and O–H groups in total. The zero-order chi connectivity index (χ0) is 33.3. The minimum Gasteiger partial charge on any atom is -0.423 e. The summed E-state index contributed by atoms with van der Waals surface area (Å²) in [4.78, 5) is 0. The van der Waals surface area contributed by atoms with E-state index >= 15 is 0 Å². The fraction of sp³-hybridized carbons (Fsp3) is 0.500. The minimum absolute atomic E-state index is 2.64. The van der Waals surface area contributed by atoms with Gasteiger partial charge in [0.05, 0.1) is 0 Å². The van der Waals surface area contributed by atoms with E-state index in [1.165, 1.54) is 0 Å². The maximum atomic E-state index is 13.6. The molecule has 0 heterocycles. The first-order valence-electron chi connectivity index (χ1n) is 8.69. The summed E-state index contributed by atoms with van der Waals surface area (Å²) in [5.41, 5.74) is 0. The molecule has 0 fully saturated rings. The first kappa shape index (κ1) is 36.1. The van der Waals surface area contributed by atoms with Gasteiger partial charge in [-0.15, -0.1) is 0 Å². The molecule has 0 aliphatic heterocycles. The highest BCUT2D eigenvalue weighted by Gasteiger charge is 2.95. The highest BCUT2D eigenvalue weighted by atomic mass is 19.4. The Morgan fingerprint density at radius 1 is 0.390 bits per heavy atom. The van der Waals surface area contributed by atoms with Crippen molar-refractivity contribution in [2.24, 2.45) is 0 Å². The van der Waals surface area contributed by atoms with Gasteiger partial charge in [-0.3, -0.25) is 0 Å². The molecule has 0 radical (unpaired) electrons. The molecule has 0 aromatic heterocycles. The van der Waals surface area contributed by atoms with Gasteiger partial charge < -0.3 is 4.74 Å². The fourth-order valence-electron chi connectivity index (χ4n) is 2.23. The number of benzene rings is 1. The van der Waals surface area contributed by atoms with Crippen LogP contribution in [0.5, 0.6) is 5.75 Å². The standard InChI is InChI=1S/C16F24O/c17-1-2(18)4(20)6(5(21)3(1)19)41-8(23)7(22)9(24,25)10(26,27)11(28,29)12(30,31)13(32,33)14(34,35)15(36,37)16(38,39)40. The van der Waals surface area contributed by atoms with Crippen LogP contribution >= 0.6 is 0 Å². The predicted octanol–water partition coefficient (Wildman–Crippen LogP) is 8.88. The van der Waals surface area contributed by atoms with Crippen molar-refractivity contribution in [2.45, 2.75) is 47.6 Å². The summed E-state index contributed by atoms with van der Waals surface area (Å²) in [5.74, 6) is -86.6. The average molecular weight is 664 g/mol. The van der Waals surface area contributed by atoms with Gasteiger partial charge in [-0.1, -0.05) is 0 Å². The number of ether oxygens (including phenoxy) is 1. The van der Waals surface area contributed by atoms with E-state index in [0.29, 0.717) is 0 Å². The van der Waals surface area contributed by atoms with Crippen molar-refractivity contribution in [1.29, 1.82) is 0 Å². The summed E-state index contributed by atoms with van der Waals surface area (Å²) in [6.45, 7) is 0. The first-order valence-corrected chi connectivity index (χ1v) is 8.69. The summed E-state index contributed by atoms with van der Waals surface area (Å²) in [6.07, 6.45) is -8.04. The van der Waals surface area contributed by atoms with Crippen LogP contribution in [-0.2, 0) is 0 Å². The summed E-state index contributed by atoms with van der Waals surface area (Å²) in [6, 6.07) is -4.49. The van der Waals surface area contributed by atoms with Gasteiger partial charge in [0.15, 0.2) is 0 Å². The average Bonchev–Trinajstić information content (AvgIpc) is 2.81. The lowest BCUT2D eigenvalue weighted by Crippen LogP contribution is -2.74. The van der Waals surface area contributed by atoms with Crippen LogP contribution in [0.4, 0.5) is 105 Å². The molecule has 0 aliphatic carbocycles. The van der Waals surface area contributed by atoms with Gasteiger partial charge >= 0.3 is 53.6 Å². The molecule has 1 aromatic rings. The lowest BCUT2D eigenvalue weighted by Gasteiger charge is -2.42. The van der Waals surface area contributed by atoms with Crippen LogP contribution in [0.15, 0.2) is 11.8 Å². The lowest BCUT2D eigenvalue weighted by atomic mass is 9.88. The Morgan fingerprint density at radius 2 is 0.659 bits per heavy atom. The molecule has 0 bridgehead atoms. The van der Waals surface area contributed by atoms with Crippen LogP contribution in [0.1, 0.15) is 0 Å². The van der Waals surface area contributed by atoms with Crippen molar-refractivity contribution < 1.29 is 110 Å². The third kappa shape index (κ3) is 4.74. The van der Waals surface area contributed by atoms with Gasteiger partial charge in [0.1, 0.15) is 0 Å². The number of allylic oxidation sites excluding steroid dienone is 1. The fourth-order valence-corrected chi connectivity index (χ4v) is 2.23. The Morgan fingerprint density at radius 3 is 0.976 bits per heavy atom. The second-order valence-electron chi connectivity index (χ2n) is 7.11. The Balaban J connectivity index is 3.79. The van der Waals surface area contributed by atoms with Crippen LogP contribution in [0.25, 0.3) is 0 Å². The number of rotatable bonds is 9. The Hall–Kier alpha value is -2.92. The molecule has 1 nitrogen and oxygen atoms in total. The molecule has 238 valence electrons. The number of halogens is 24. The third-order valence-corrected chi connectivity index (χ3v) is 4.53. The molecule has 0 spiro atoms. The largest absolute Gasteiger partial charge is 0.460 e. The van der Waals surface area contributed by atoms with Gasteiger partial charge in [0, 0.05) is 0 Å². The number of alkyl halides is 17. The monoisotopic (exact) mass is 664 g/mol. The van der Waals surface area contributed by atoms with Gasteiger partial charge in [-0.2, -0.15) is 92.2 Å². The Labute approximate surface area is 205 Å². The van der Waals surface area contributed by atoms with Gasteiger partial charge in [0.2, 0.25) is 40.7 Å². The van der Waals surface area contributed by atoms with E-state index in [1.807, 2.05) is 0 Å². The van der Waals surface area contributed by atoms with Crippen LogP contribution in [0, 0.1) is 29.1 Å². The molecule has 25 heteroatoms. The molecular formula is C16F24O. The second-order valence-corrected chi connectivity index (χ2v) is 7.11. The summed E-state index contributed by atoms with van der Waals surface area (Å²) >= 11 is 0. The summed E-state index contributed by atoms with van der Waals surface area (Å²) in [7, 11) is 0. The van der Waals surface area contributed by atoms with Crippen molar-refractivity contribution in [3.63, 3.8) is 0 Å². The van der Waals surface area contributed by atoms with Crippen molar-refractivity contribution in [3.05, 3.63) is 40.9 Å². The van der Waals surface area contributed by atoms with Crippen molar-refractivity contribution in [2.75, 3.05) is 0 Å². The zero-order valence-corrected chi connectivity index (χ0v) is 17.5. The van der Waals surface area contributed by atoms with E-state index < -0.39 is 94.3 Å². The Bertz CT molecular complexity index is 1180. The number of hydrogen-bond acceptors (Lipinski definition) is 1. The second kappa shape index (κ2) is 9.83. The quantitative estimate of drug-likeness (QED) is 0.111. The minimum atomic E-state index is -9.18. The maximum absolute atomic E-state index is 13.6. The molecule has 0 saturated carbocycles. The van der Waals surface area contributed by atoms with Gasteiger partial charge in [-0.05, 0) is 0 Å². The van der Waals surface area contributed by atoms with Crippen LogP contribution in [0.3, 0.4) is 0 Å². The van der Waals surface area contributed by atoms with Gasteiger partial charge in [-0.25, -0.2) is 13.2 Å². The smallest absolute Gasteiger partial charge is 0.423 e. The van der Waals surface area contributed by atoms with Crippen LogP contribution < -0.4 is 4.74 Å².